The number of thioether (sulfide) groups is 1. The number of aldehydes is 1. The third-order valence-corrected chi connectivity index (χ3v) is 2.88. The van der Waals surface area contributed by atoms with E-state index in [0.717, 1.165) is 30.6 Å². The maximum absolute atomic E-state index is 10.4. The molecule has 0 heterocycles. The highest BCUT2D eigenvalue weighted by Gasteiger charge is 1.94. The summed E-state index contributed by atoms with van der Waals surface area (Å²) >= 11 is 1.78. The second kappa shape index (κ2) is 6.62. The van der Waals surface area contributed by atoms with Crippen LogP contribution in [0.4, 0.5) is 0 Å². The summed E-state index contributed by atoms with van der Waals surface area (Å²) in [6.45, 7) is 0.805. The van der Waals surface area contributed by atoms with Crippen molar-refractivity contribution in [1.29, 1.82) is 0 Å². The van der Waals surface area contributed by atoms with Crippen molar-refractivity contribution in [2.45, 2.75) is 11.3 Å². The molecule has 3 heteroatoms. The van der Waals surface area contributed by atoms with Crippen LogP contribution < -0.4 is 0 Å². The first-order chi connectivity index (χ1) is 6.86. The summed E-state index contributed by atoms with van der Waals surface area (Å²) < 4.78 is 4.96. The first kappa shape index (κ1) is 11.3. The van der Waals surface area contributed by atoms with Gasteiger partial charge in [-0.15, -0.1) is 11.8 Å². The molecule has 0 aromatic heterocycles. The Labute approximate surface area is 88.7 Å². The standard InChI is InChI=1S/C11H14O2S/c1-13-7-2-8-14-11-5-3-10(9-12)4-6-11/h3-6,9H,2,7-8H2,1H3. The van der Waals surface area contributed by atoms with Gasteiger partial charge in [0, 0.05) is 29.9 Å². The number of benzene rings is 1. The Morgan fingerprint density at radius 3 is 2.64 bits per heavy atom. The number of carbonyl (C=O) groups is 1. The van der Waals surface area contributed by atoms with Crippen LogP contribution in [0.2, 0.25) is 0 Å². The van der Waals surface area contributed by atoms with Gasteiger partial charge in [0.05, 0.1) is 0 Å². The zero-order chi connectivity index (χ0) is 10.2. The van der Waals surface area contributed by atoms with E-state index in [2.05, 4.69) is 0 Å². The molecular weight excluding hydrogens is 196 g/mol. The predicted octanol–water partition coefficient (Wildman–Crippen LogP) is 2.63. The van der Waals surface area contributed by atoms with Crippen molar-refractivity contribution >= 4 is 18.0 Å². The summed E-state index contributed by atoms with van der Waals surface area (Å²) in [6, 6.07) is 7.62. The van der Waals surface area contributed by atoms with Crippen LogP contribution in [0.3, 0.4) is 0 Å². The van der Waals surface area contributed by atoms with Crippen molar-refractivity contribution in [3.8, 4) is 0 Å². The summed E-state index contributed by atoms with van der Waals surface area (Å²) in [7, 11) is 1.71. The number of hydrogen-bond acceptors (Lipinski definition) is 3. The van der Waals surface area contributed by atoms with Gasteiger partial charge in [-0.25, -0.2) is 0 Å². The van der Waals surface area contributed by atoms with Gasteiger partial charge in [-0.3, -0.25) is 4.79 Å². The maximum atomic E-state index is 10.4. The molecule has 0 amide bonds. The number of ether oxygens (including phenoxy) is 1. The van der Waals surface area contributed by atoms with E-state index >= 15 is 0 Å². The highest BCUT2D eigenvalue weighted by atomic mass is 32.2. The molecule has 0 saturated heterocycles. The van der Waals surface area contributed by atoms with Crippen LogP contribution in [0, 0.1) is 0 Å². The van der Waals surface area contributed by atoms with E-state index < -0.39 is 0 Å². The molecule has 76 valence electrons. The zero-order valence-electron chi connectivity index (χ0n) is 8.23. The third kappa shape index (κ3) is 3.94. The lowest BCUT2D eigenvalue weighted by molar-refractivity contribution is 0.112. The molecule has 0 aliphatic heterocycles. The monoisotopic (exact) mass is 210 g/mol. The SMILES string of the molecule is COCCCSc1ccc(C=O)cc1. The van der Waals surface area contributed by atoms with E-state index in [9.17, 15) is 4.79 Å². The van der Waals surface area contributed by atoms with Crippen LogP contribution in [0.1, 0.15) is 16.8 Å². The Morgan fingerprint density at radius 2 is 2.07 bits per heavy atom. The summed E-state index contributed by atoms with van der Waals surface area (Å²) in [4.78, 5) is 11.6. The Bertz CT molecular complexity index is 269. The van der Waals surface area contributed by atoms with Crippen molar-refractivity contribution in [2.24, 2.45) is 0 Å². The van der Waals surface area contributed by atoms with E-state index in [-0.39, 0.29) is 0 Å². The lowest BCUT2D eigenvalue weighted by atomic mass is 10.2. The summed E-state index contributed by atoms with van der Waals surface area (Å²) in [5.74, 6) is 1.05. The molecule has 0 unspecified atom stereocenters. The molecule has 0 saturated carbocycles. The molecule has 0 bridgehead atoms. The number of carbonyl (C=O) groups excluding carboxylic acids is 1. The highest BCUT2D eigenvalue weighted by molar-refractivity contribution is 7.99. The normalized spacial score (nSPS) is 10.1. The van der Waals surface area contributed by atoms with Gasteiger partial charge in [-0.1, -0.05) is 12.1 Å². The molecule has 1 aromatic rings. The van der Waals surface area contributed by atoms with Gasteiger partial charge in [0.25, 0.3) is 0 Å². The largest absolute Gasteiger partial charge is 0.385 e. The quantitative estimate of drug-likeness (QED) is 0.410. The highest BCUT2D eigenvalue weighted by Crippen LogP contribution is 2.18. The lowest BCUT2D eigenvalue weighted by Gasteiger charge is -2.01. The Kier molecular flexibility index (Phi) is 5.33. The van der Waals surface area contributed by atoms with Crippen LogP contribution in [0.5, 0.6) is 0 Å². The molecule has 0 aliphatic rings. The third-order valence-electron chi connectivity index (χ3n) is 1.78. The van der Waals surface area contributed by atoms with Crippen molar-refractivity contribution in [3.63, 3.8) is 0 Å². The van der Waals surface area contributed by atoms with Crippen LogP contribution in [-0.2, 0) is 4.74 Å². The van der Waals surface area contributed by atoms with E-state index in [1.807, 2.05) is 24.3 Å². The summed E-state index contributed by atoms with van der Waals surface area (Å²) in [6.07, 6.45) is 1.91. The minimum atomic E-state index is 0.728. The molecule has 0 fully saturated rings. The van der Waals surface area contributed by atoms with E-state index in [0.29, 0.717) is 0 Å². The predicted molar refractivity (Wildman–Crippen MR) is 59.0 cm³/mol. The fourth-order valence-corrected chi connectivity index (χ4v) is 1.86. The Hall–Kier alpha value is -0.800. The molecule has 1 aromatic carbocycles. The average Bonchev–Trinajstić information content (AvgIpc) is 2.25. The molecule has 0 radical (unpaired) electrons. The van der Waals surface area contributed by atoms with Crippen molar-refractivity contribution in [1.82, 2.24) is 0 Å². The fourth-order valence-electron chi connectivity index (χ4n) is 1.04. The van der Waals surface area contributed by atoms with Gasteiger partial charge >= 0.3 is 0 Å². The molecular formula is C11H14O2S. The minimum absolute atomic E-state index is 0.728. The number of methoxy groups -OCH3 is 1. The van der Waals surface area contributed by atoms with E-state index in [1.54, 1.807) is 18.9 Å². The Morgan fingerprint density at radius 1 is 1.36 bits per heavy atom. The smallest absolute Gasteiger partial charge is 0.150 e. The van der Waals surface area contributed by atoms with Crippen molar-refractivity contribution < 1.29 is 9.53 Å². The minimum Gasteiger partial charge on any atom is -0.385 e. The van der Waals surface area contributed by atoms with Gasteiger partial charge in [0.2, 0.25) is 0 Å². The zero-order valence-corrected chi connectivity index (χ0v) is 9.05. The summed E-state index contributed by atoms with van der Waals surface area (Å²) in [5, 5.41) is 0. The molecule has 2 nitrogen and oxygen atoms in total. The average molecular weight is 210 g/mol. The Balaban J connectivity index is 2.32. The molecule has 0 aliphatic carbocycles. The first-order valence-electron chi connectivity index (χ1n) is 4.54. The van der Waals surface area contributed by atoms with Gasteiger partial charge < -0.3 is 4.74 Å². The topological polar surface area (TPSA) is 26.3 Å². The number of rotatable bonds is 6. The van der Waals surface area contributed by atoms with Crippen LogP contribution in [0.25, 0.3) is 0 Å². The fraction of sp³-hybridized carbons (Fsp3) is 0.364. The molecule has 0 spiro atoms. The van der Waals surface area contributed by atoms with Gasteiger partial charge in [-0.2, -0.15) is 0 Å². The number of hydrogen-bond donors (Lipinski definition) is 0. The molecule has 1 rings (SSSR count). The van der Waals surface area contributed by atoms with Crippen LogP contribution in [0.15, 0.2) is 29.2 Å². The molecule has 0 atom stereocenters. The lowest BCUT2D eigenvalue weighted by Crippen LogP contribution is -1.90. The van der Waals surface area contributed by atoms with Gasteiger partial charge in [-0.05, 0) is 18.6 Å². The van der Waals surface area contributed by atoms with Gasteiger partial charge in [0.1, 0.15) is 6.29 Å². The van der Waals surface area contributed by atoms with Gasteiger partial charge in [0.15, 0.2) is 0 Å². The maximum Gasteiger partial charge on any atom is 0.150 e. The van der Waals surface area contributed by atoms with Crippen LogP contribution >= 0.6 is 11.8 Å². The first-order valence-corrected chi connectivity index (χ1v) is 5.52. The second-order valence-corrected chi connectivity index (χ2v) is 4.05. The molecule has 0 N–H and O–H groups in total. The van der Waals surface area contributed by atoms with Crippen molar-refractivity contribution in [2.75, 3.05) is 19.5 Å². The summed E-state index contributed by atoms with van der Waals surface area (Å²) in [5.41, 5.74) is 0.728. The van der Waals surface area contributed by atoms with E-state index in [4.69, 9.17) is 4.74 Å². The van der Waals surface area contributed by atoms with E-state index in [1.165, 1.54) is 4.90 Å². The second-order valence-electron chi connectivity index (χ2n) is 2.88. The van der Waals surface area contributed by atoms with Crippen molar-refractivity contribution in [3.05, 3.63) is 29.8 Å². The molecule has 14 heavy (non-hydrogen) atoms. The van der Waals surface area contributed by atoms with Crippen LogP contribution in [-0.4, -0.2) is 25.8 Å².